The normalized spacial score (nSPS) is 19.2. The SMILES string of the molecule is NC(=O)c1cccc(NCC2CCOC2)c1N. The summed E-state index contributed by atoms with van der Waals surface area (Å²) in [6, 6.07) is 5.24. The van der Waals surface area contributed by atoms with Gasteiger partial charge in [0.05, 0.1) is 23.5 Å². The van der Waals surface area contributed by atoms with E-state index in [0.29, 0.717) is 17.2 Å². The van der Waals surface area contributed by atoms with E-state index in [1.165, 1.54) is 0 Å². The number of carbonyl (C=O) groups is 1. The molecule has 5 heteroatoms. The third-order valence-electron chi connectivity index (χ3n) is 2.98. The van der Waals surface area contributed by atoms with Crippen molar-refractivity contribution in [1.82, 2.24) is 0 Å². The van der Waals surface area contributed by atoms with Crippen molar-refractivity contribution < 1.29 is 9.53 Å². The quantitative estimate of drug-likeness (QED) is 0.674. The molecule has 1 aliphatic heterocycles. The molecule has 1 heterocycles. The minimum Gasteiger partial charge on any atom is -0.396 e. The minimum atomic E-state index is -0.504. The first-order valence-corrected chi connectivity index (χ1v) is 5.68. The van der Waals surface area contributed by atoms with Crippen molar-refractivity contribution >= 4 is 17.3 Å². The van der Waals surface area contributed by atoms with Crippen LogP contribution in [0, 0.1) is 5.92 Å². The Morgan fingerprint density at radius 2 is 2.35 bits per heavy atom. The van der Waals surface area contributed by atoms with Crippen molar-refractivity contribution in [2.24, 2.45) is 11.7 Å². The van der Waals surface area contributed by atoms with Gasteiger partial charge in [-0.2, -0.15) is 0 Å². The molecule has 0 spiro atoms. The second kappa shape index (κ2) is 5.05. The number of nitrogens with two attached hydrogens (primary N) is 2. The van der Waals surface area contributed by atoms with E-state index >= 15 is 0 Å². The van der Waals surface area contributed by atoms with Gasteiger partial charge in [0.15, 0.2) is 0 Å². The maximum atomic E-state index is 11.1. The van der Waals surface area contributed by atoms with Crippen LogP contribution >= 0.6 is 0 Å². The minimum absolute atomic E-state index is 0.359. The smallest absolute Gasteiger partial charge is 0.250 e. The van der Waals surface area contributed by atoms with Crippen LogP contribution in [0.15, 0.2) is 18.2 Å². The van der Waals surface area contributed by atoms with E-state index in [1.54, 1.807) is 12.1 Å². The number of amides is 1. The van der Waals surface area contributed by atoms with Crippen molar-refractivity contribution in [2.75, 3.05) is 30.8 Å². The number of carbonyl (C=O) groups excluding carboxylic acids is 1. The van der Waals surface area contributed by atoms with Crippen LogP contribution < -0.4 is 16.8 Å². The summed E-state index contributed by atoms with van der Waals surface area (Å²) in [6.45, 7) is 2.40. The predicted octanol–water partition coefficient (Wildman–Crippen LogP) is 0.816. The van der Waals surface area contributed by atoms with Gasteiger partial charge < -0.3 is 21.5 Å². The average molecular weight is 235 g/mol. The van der Waals surface area contributed by atoms with E-state index in [0.717, 1.165) is 31.9 Å². The van der Waals surface area contributed by atoms with Crippen molar-refractivity contribution in [2.45, 2.75) is 6.42 Å². The van der Waals surface area contributed by atoms with Crippen LogP contribution in [-0.4, -0.2) is 25.7 Å². The Kier molecular flexibility index (Phi) is 3.49. The van der Waals surface area contributed by atoms with E-state index in [-0.39, 0.29) is 0 Å². The molecule has 1 aromatic carbocycles. The molecular formula is C12H17N3O2. The molecule has 1 fully saturated rings. The molecule has 17 heavy (non-hydrogen) atoms. The number of para-hydroxylation sites is 1. The van der Waals surface area contributed by atoms with Gasteiger partial charge in [0.25, 0.3) is 5.91 Å². The fourth-order valence-corrected chi connectivity index (χ4v) is 1.93. The summed E-state index contributed by atoms with van der Waals surface area (Å²) in [6.07, 6.45) is 1.06. The number of hydrogen-bond donors (Lipinski definition) is 3. The van der Waals surface area contributed by atoms with Gasteiger partial charge >= 0.3 is 0 Å². The first-order valence-electron chi connectivity index (χ1n) is 5.68. The van der Waals surface area contributed by atoms with E-state index < -0.39 is 5.91 Å². The van der Waals surface area contributed by atoms with Gasteiger partial charge in [0, 0.05) is 19.1 Å². The van der Waals surface area contributed by atoms with Gasteiger partial charge in [0.1, 0.15) is 0 Å². The molecule has 1 saturated heterocycles. The summed E-state index contributed by atoms with van der Waals surface area (Å²) < 4.78 is 5.29. The second-order valence-corrected chi connectivity index (χ2v) is 4.24. The number of primary amides is 1. The highest BCUT2D eigenvalue weighted by atomic mass is 16.5. The topological polar surface area (TPSA) is 90.4 Å². The first-order chi connectivity index (χ1) is 8.18. The maximum Gasteiger partial charge on any atom is 0.250 e. The van der Waals surface area contributed by atoms with E-state index in [9.17, 15) is 4.79 Å². The largest absolute Gasteiger partial charge is 0.396 e. The van der Waals surface area contributed by atoms with Gasteiger partial charge in [-0.25, -0.2) is 0 Å². The first kappa shape index (κ1) is 11.7. The predicted molar refractivity (Wildman–Crippen MR) is 66.8 cm³/mol. The van der Waals surface area contributed by atoms with Crippen molar-refractivity contribution in [1.29, 1.82) is 0 Å². The summed E-state index contributed by atoms with van der Waals surface area (Å²) >= 11 is 0. The zero-order valence-corrected chi connectivity index (χ0v) is 9.61. The molecule has 1 aromatic rings. The number of anilines is 2. The lowest BCUT2D eigenvalue weighted by Gasteiger charge is -2.14. The lowest BCUT2D eigenvalue weighted by atomic mass is 10.1. The van der Waals surface area contributed by atoms with Crippen LogP contribution in [0.25, 0.3) is 0 Å². The third-order valence-corrected chi connectivity index (χ3v) is 2.98. The molecule has 0 saturated carbocycles. The highest BCUT2D eigenvalue weighted by Gasteiger charge is 2.16. The molecule has 1 unspecified atom stereocenters. The zero-order chi connectivity index (χ0) is 12.3. The lowest BCUT2D eigenvalue weighted by molar-refractivity contribution is 0.100. The van der Waals surface area contributed by atoms with Crippen LogP contribution in [0.2, 0.25) is 0 Å². The third kappa shape index (κ3) is 2.68. The van der Waals surface area contributed by atoms with Crippen LogP contribution in [0.3, 0.4) is 0 Å². The van der Waals surface area contributed by atoms with E-state index in [4.69, 9.17) is 16.2 Å². The van der Waals surface area contributed by atoms with E-state index in [2.05, 4.69) is 5.32 Å². The number of ether oxygens (including phenoxy) is 1. The fraction of sp³-hybridized carbons (Fsp3) is 0.417. The highest BCUT2D eigenvalue weighted by Crippen LogP contribution is 2.23. The Hall–Kier alpha value is -1.75. The number of nitrogen functional groups attached to an aromatic ring is 1. The van der Waals surface area contributed by atoms with E-state index in [1.807, 2.05) is 6.07 Å². The molecule has 0 bridgehead atoms. The molecular weight excluding hydrogens is 218 g/mol. The second-order valence-electron chi connectivity index (χ2n) is 4.24. The van der Waals surface area contributed by atoms with Gasteiger partial charge in [-0.1, -0.05) is 6.07 Å². The van der Waals surface area contributed by atoms with Crippen LogP contribution in [0.1, 0.15) is 16.8 Å². The Balaban J connectivity index is 2.04. The standard InChI is InChI=1S/C12H17N3O2/c13-11-9(12(14)16)2-1-3-10(11)15-6-8-4-5-17-7-8/h1-3,8,15H,4-7,13H2,(H2,14,16). The number of nitrogens with one attached hydrogen (secondary N) is 1. The van der Waals surface area contributed by atoms with Crippen LogP contribution in [0.5, 0.6) is 0 Å². The summed E-state index contributed by atoms with van der Waals surface area (Å²) in [7, 11) is 0. The molecule has 0 radical (unpaired) electrons. The van der Waals surface area contributed by atoms with Crippen molar-refractivity contribution in [3.8, 4) is 0 Å². The molecule has 1 aliphatic rings. The Morgan fingerprint density at radius 3 is 3.00 bits per heavy atom. The molecule has 5 N–H and O–H groups in total. The lowest BCUT2D eigenvalue weighted by Crippen LogP contribution is -2.17. The van der Waals surface area contributed by atoms with Gasteiger partial charge in [-0.15, -0.1) is 0 Å². The molecule has 0 aromatic heterocycles. The van der Waals surface area contributed by atoms with Gasteiger partial charge in [-0.05, 0) is 18.6 Å². The number of rotatable bonds is 4. The zero-order valence-electron chi connectivity index (χ0n) is 9.61. The molecule has 1 amide bonds. The molecule has 1 atom stereocenters. The Bertz CT molecular complexity index is 414. The summed E-state index contributed by atoms with van der Waals surface area (Å²) in [5, 5.41) is 3.24. The van der Waals surface area contributed by atoms with Gasteiger partial charge in [-0.3, -0.25) is 4.79 Å². The molecule has 2 rings (SSSR count). The summed E-state index contributed by atoms with van der Waals surface area (Å²) in [4.78, 5) is 11.1. The Labute approximate surface area is 100 Å². The average Bonchev–Trinajstić information content (AvgIpc) is 2.80. The van der Waals surface area contributed by atoms with Crippen molar-refractivity contribution in [3.63, 3.8) is 0 Å². The summed E-state index contributed by atoms with van der Waals surface area (Å²) in [5.74, 6) is 0.00184. The number of hydrogen-bond acceptors (Lipinski definition) is 4. The van der Waals surface area contributed by atoms with Gasteiger partial charge in [0.2, 0.25) is 0 Å². The highest BCUT2D eigenvalue weighted by molar-refractivity contribution is 6.00. The molecule has 92 valence electrons. The summed E-state index contributed by atoms with van der Waals surface area (Å²) in [5.41, 5.74) is 12.6. The maximum absolute atomic E-state index is 11.1. The Morgan fingerprint density at radius 1 is 1.53 bits per heavy atom. The molecule has 0 aliphatic carbocycles. The van der Waals surface area contributed by atoms with Crippen LogP contribution in [-0.2, 0) is 4.74 Å². The molecule has 5 nitrogen and oxygen atoms in total. The number of benzene rings is 1. The fourth-order valence-electron chi connectivity index (χ4n) is 1.93. The van der Waals surface area contributed by atoms with Crippen molar-refractivity contribution in [3.05, 3.63) is 23.8 Å². The monoisotopic (exact) mass is 235 g/mol. The van der Waals surface area contributed by atoms with Crippen LogP contribution in [0.4, 0.5) is 11.4 Å².